The number of nitrogens with zero attached hydrogens (tertiary/aromatic N) is 2. The molecule has 0 spiro atoms. The zero-order chi connectivity index (χ0) is 11.5. The van der Waals surface area contributed by atoms with Gasteiger partial charge >= 0.3 is 0 Å². The molecule has 1 aliphatic heterocycles. The first-order valence-corrected chi connectivity index (χ1v) is 5.97. The van der Waals surface area contributed by atoms with E-state index in [-0.39, 0.29) is 18.4 Å². The molecule has 1 aromatic heterocycles. The lowest BCUT2D eigenvalue weighted by molar-refractivity contribution is -0.131. The SMILES string of the molecule is Cc1cnc(NC(=O)CN2CCCC2=O)s1. The minimum atomic E-state index is -0.176. The van der Waals surface area contributed by atoms with Gasteiger partial charge in [-0.1, -0.05) is 0 Å². The molecule has 1 saturated heterocycles. The summed E-state index contributed by atoms with van der Waals surface area (Å²) in [7, 11) is 0. The van der Waals surface area contributed by atoms with Crippen LogP contribution in [0.3, 0.4) is 0 Å². The molecule has 2 rings (SSSR count). The zero-order valence-electron chi connectivity index (χ0n) is 9.02. The Morgan fingerprint density at radius 1 is 1.69 bits per heavy atom. The molecular weight excluding hydrogens is 226 g/mol. The molecule has 1 N–H and O–H groups in total. The van der Waals surface area contributed by atoms with Gasteiger partial charge in [0.25, 0.3) is 0 Å². The van der Waals surface area contributed by atoms with Gasteiger partial charge < -0.3 is 10.2 Å². The number of thiazole rings is 1. The highest BCUT2D eigenvalue weighted by Crippen LogP contribution is 2.16. The lowest BCUT2D eigenvalue weighted by Gasteiger charge is -2.13. The molecule has 1 aromatic rings. The number of aryl methyl sites for hydroxylation is 1. The van der Waals surface area contributed by atoms with E-state index >= 15 is 0 Å². The van der Waals surface area contributed by atoms with Crippen LogP contribution in [-0.2, 0) is 9.59 Å². The van der Waals surface area contributed by atoms with E-state index < -0.39 is 0 Å². The third-order valence-electron chi connectivity index (χ3n) is 2.37. The smallest absolute Gasteiger partial charge is 0.245 e. The Hall–Kier alpha value is -1.43. The first kappa shape index (κ1) is 11.1. The topological polar surface area (TPSA) is 62.3 Å². The van der Waals surface area contributed by atoms with E-state index in [1.54, 1.807) is 11.1 Å². The molecular formula is C10H13N3O2S. The van der Waals surface area contributed by atoms with Gasteiger partial charge in [-0.3, -0.25) is 9.59 Å². The van der Waals surface area contributed by atoms with Crippen LogP contribution in [0.2, 0.25) is 0 Å². The van der Waals surface area contributed by atoms with Gasteiger partial charge in [0.2, 0.25) is 11.8 Å². The quantitative estimate of drug-likeness (QED) is 0.856. The van der Waals surface area contributed by atoms with Crippen LogP contribution in [0.1, 0.15) is 17.7 Å². The Bertz CT molecular complexity index is 416. The molecule has 16 heavy (non-hydrogen) atoms. The Morgan fingerprint density at radius 2 is 2.50 bits per heavy atom. The maximum atomic E-state index is 11.6. The highest BCUT2D eigenvalue weighted by molar-refractivity contribution is 7.15. The van der Waals surface area contributed by atoms with Crippen LogP contribution in [-0.4, -0.2) is 34.8 Å². The number of anilines is 1. The van der Waals surface area contributed by atoms with Crippen molar-refractivity contribution in [2.24, 2.45) is 0 Å². The summed E-state index contributed by atoms with van der Waals surface area (Å²) >= 11 is 1.43. The number of hydrogen-bond acceptors (Lipinski definition) is 4. The Balaban J connectivity index is 1.86. The molecule has 6 heteroatoms. The summed E-state index contributed by atoms with van der Waals surface area (Å²) in [5.74, 6) is -0.116. The molecule has 0 radical (unpaired) electrons. The van der Waals surface area contributed by atoms with Gasteiger partial charge in [0.1, 0.15) is 0 Å². The molecule has 5 nitrogen and oxygen atoms in total. The summed E-state index contributed by atoms with van der Waals surface area (Å²) in [6.45, 7) is 2.75. The lowest BCUT2D eigenvalue weighted by atomic mass is 10.4. The summed E-state index contributed by atoms with van der Waals surface area (Å²) in [6, 6.07) is 0. The number of likely N-dealkylation sites (tertiary alicyclic amines) is 1. The van der Waals surface area contributed by atoms with Crippen LogP contribution < -0.4 is 5.32 Å². The highest BCUT2D eigenvalue weighted by Gasteiger charge is 2.22. The largest absolute Gasteiger partial charge is 0.333 e. The molecule has 86 valence electrons. The summed E-state index contributed by atoms with van der Waals surface area (Å²) < 4.78 is 0. The third kappa shape index (κ3) is 2.57. The van der Waals surface area contributed by atoms with Gasteiger partial charge in [0, 0.05) is 24.0 Å². The number of nitrogens with one attached hydrogen (secondary N) is 1. The van der Waals surface area contributed by atoms with E-state index in [4.69, 9.17) is 0 Å². The number of hydrogen-bond donors (Lipinski definition) is 1. The van der Waals surface area contributed by atoms with Crippen molar-refractivity contribution >= 4 is 28.3 Å². The maximum absolute atomic E-state index is 11.6. The molecule has 0 saturated carbocycles. The van der Waals surface area contributed by atoms with Crippen LogP contribution in [0, 0.1) is 6.92 Å². The summed E-state index contributed by atoms with van der Waals surface area (Å²) in [6.07, 6.45) is 3.12. The molecule has 1 aliphatic rings. The van der Waals surface area contributed by atoms with E-state index in [1.165, 1.54) is 11.3 Å². The van der Waals surface area contributed by atoms with Crippen molar-refractivity contribution in [3.63, 3.8) is 0 Å². The molecule has 2 amide bonds. The van der Waals surface area contributed by atoms with Crippen LogP contribution in [0.5, 0.6) is 0 Å². The fraction of sp³-hybridized carbons (Fsp3) is 0.500. The van der Waals surface area contributed by atoms with Gasteiger partial charge in [-0.25, -0.2) is 4.98 Å². The molecule has 1 fully saturated rings. The fourth-order valence-electron chi connectivity index (χ4n) is 1.62. The fourth-order valence-corrected chi connectivity index (χ4v) is 2.30. The molecule has 0 aromatic carbocycles. The van der Waals surface area contributed by atoms with Crippen molar-refractivity contribution in [1.82, 2.24) is 9.88 Å². The second-order valence-corrected chi connectivity index (χ2v) is 4.98. The van der Waals surface area contributed by atoms with Crippen molar-refractivity contribution < 1.29 is 9.59 Å². The van der Waals surface area contributed by atoms with E-state index in [1.807, 2.05) is 6.92 Å². The summed E-state index contributed by atoms with van der Waals surface area (Å²) in [4.78, 5) is 29.5. The normalized spacial score (nSPS) is 15.6. The van der Waals surface area contributed by atoms with Crippen molar-refractivity contribution in [2.45, 2.75) is 19.8 Å². The van der Waals surface area contributed by atoms with Crippen molar-refractivity contribution in [3.8, 4) is 0 Å². The molecule has 2 heterocycles. The molecule has 0 atom stereocenters. The maximum Gasteiger partial charge on any atom is 0.245 e. The van der Waals surface area contributed by atoms with Gasteiger partial charge in [-0.15, -0.1) is 11.3 Å². The van der Waals surface area contributed by atoms with E-state index in [0.717, 1.165) is 11.3 Å². The van der Waals surface area contributed by atoms with Crippen molar-refractivity contribution in [3.05, 3.63) is 11.1 Å². The van der Waals surface area contributed by atoms with E-state index in [2.05, 4.69) is 10.3 Å². The standard InChI is InChI=1S/C10H13N3O2S/c1-7-5-11-10(16-7)12-8(14)6-13-4-2-3-9(13)15/h5H,2-4,6H2,1H3,(H,11,12,14). The zero-order valence-corrected chi connectivity index (χ0v) is 9.84. The van der Waals surface area contributed by atoms with Crippen LogP contribution in [0.25, 0.3) is 0 Å². The van der Waals surface area contributed by atoms with E-state index in [0.29, 0.717) is 18.1 Å². The van der Waals surface area contributed by atoms with Crippen LogP contribution in [0.4, 0.5) is 5.13 Å². The van der Waals surface area contributed by atoms with Crippen molar-refractivity contribution in [2.75, 3.05) is 18.4 Å². The van der Waals surface area contributed by atoms with Gasteiger partial charge in [-0.05, 0) is 13.3 Å². The van der Waals surface area contributed by atoms with Gasteiger partial charge in [-0.2, -0.15) is 0 Å². The second-order valence-electron chi connectivity index (χ2n) is 3.74. The predicted octanol–water partition coefficient (Wildman–Crippen LogP) is 1.01. The first-order valence-electron chi connectivity index (χ1n) is 5.15. The van der Waals surface area contributed by atoms with Crippen molar-refractivity contribution in [1.29, 1.82) is 0 Å². The number of carbonyl (C=O) groups is 2. The lowest BCUT2D eigenvalue weighted by Crippen LogP contribution is -2.33. The number of carbonyl (C=O) groups excluding carboxylic acids is 2. The molecule has 0 aliphatic carbocycles. The van der Waals surface area contributed by atoms with Gasteiger partial charge in [0.15, 0.2) is 5.13 Å². The van der Waals surface area contributed by atoms with Crippen LogP contribution in [0.15, 0.2) is 6.20 Å². The summed E-state index contributed by atoms with van der Waals surface area (Å²) in [5, 5.41) is 3.28. The highest BCUT2D eigenvalue weighted by atomic mass is 32.1. The Morgan fingerprint density at radius 3 is 3.06 bits per heavy atom. The summed E-state index contributed by atoms with van der Waals surface area (Å²) in [5.41, 5.74) is 0. The third-order valence-corrected chi connectivity index (χ3v) is 3.20. The predicted molar refractivity (Wildman–Crippen MR) is 61.3 cm³/mol. The van der Waals surface area contributed by atoms with E-state index in [9.17, 15) is 9.59 Å². The first-order chi connectivity index (χ1) is 7.65. The molecule has 0 unspecified atom stereocenters. The average molecular weight is 239 g/mol. The molecule has 0 bridgehead atoms. The minimum Gasteiger partial charge on any atom is -0.333 e. The average Bonchev–Trinajstić information content (AvgIpc) is 2.77. The number of amides is 2. The van der Waals surface area contributed by atoms with Gasteiger partial charge in [0.05, 0.1) is 6.54 Å². The number of aromatic nitrogens is 1. The Kier molecular flexibility index (Phi) is 3.19. The number of rotatable bonds is 3. The Labute approximate surface area is 97.5 Å². The monoisotopic (exact) mass is 239 g/mol. The van der Waals surface area contributed by atoms with Crippen LogP contribution >= 0.6 is 11.3 Å². The minimum absolute atomic E-state index is 0.0606. The second kappa shape index (κ2) is 4.61.